The summed E-state index contributed by atoms with van der Waals surface area (Å²) in [5.41, 5.74) is 0.405. The van der Waals surface area contributed by atoms with Gasteiger partial charge in [-0.05, 0) is 33.6 Å². The second-order valence-corrected chi connectivity index (χ2v) is 6.15. The van der Waals surface area contributed by atoms with E-state index in [0.29, 0.717) is 6.42 Å². The van der Waals surface area contributed by atoms with Gasteiger partial charge in [0.1, 0.15) is 24.4 Å². The van der Waals surface area contributed by atoms with Gasteiger partial charge >= 0.3 is 0 Å². The number of aliphatic hydroxyl groups excluding tert-OH is 4. The average Bonchev–Trinajstić information content (AvgIpc) is 2.47. The van der Waals surface area contributed by atoms with Crippen LogP contribution in [0.4, 0.5) is 0 Å². The van der Waals surface area contributed by atoms with Crippen LogP contribution in [0, 0.1) is 0 Å². The normalized spacial score (nSPS) is 34.8. The van der Waals surface area contributed by atoms with Crippen molar-refractivity contribution in [3.05, 3.63) is 24.3 Å². The van der Waals surface area contributed by atoms with Crippen molar-refractivity contribution in [2.24, 2.45) is 0 Å². The highest BCUT2D eigenvalue weighted by molar-refractivity contribution is 5.01. The molecule has 0 aliphatic carbocycles. The van der Waals surface area contributed by atoms with E-state index < -0.39 is 42.9 Å². The topological polar surface area (TPSA) is 99.4 Å². The fourth-order valence-corrected chi connectivity index (χ4v) is 2.37. The molecule has 1 rings (SSSR count). The largest absolute Gasteiger partial charge is 0.394 e. The molecular formula is C16H28O6. The predicted molar refractivity (Wildman–Crippen MR) is 82.1 cm³/mol. The van der Waals surface area contributed by atoms with Gasteiger partial charge in [-0.2, -0.15) is 0 Å². The molecule has 6 heteroatoms. The molecule has 0 aromatic rings. The van der Waals surface area contributed by atoms with Crippen LogP contribution in [0.15, 0.2) is 24.3 Å². The van der Waals surface area contributed by atoms with Crippen LogP contribution < -0.4 is 0 Å². The zero-order chi connectivity index (χ0) is 16.9. The molecule has 0 aromatic carbocycles. The summed E-state index contributed by atoms with van der Waals surface area (Å²) in [7, 11) is 0. The van der Waals surface area contributed by atoms with E-state index >= 15 is 0 Å². The lowest BCUT2D eigenvalue weighted by Crippen LogP contribution is -2.60. The molecule has 1 aliphatic rings. The van der Waals surface area contributed by atoms with Gasteiger partial charge in [-0.15, -0.1) is 6.58 Å². The lowest BCUT2D eigenvalue weighted by atomic mass is 9.95. The van der Waals surface area contributed by atoms with Crippen LogP contribution >= 0.6 is 0 Å². The third-order valence-electron chi connectivity index (χ3n) is 3.87. The smallest absolute Gasteiger partial charge is 0.184 e. The molecule has 128 valence electrons. The summed E-state index contributed by atoms with van der Waals surface area (Å²) < 4.78 is 10.9. The summed E-state index contributed by atoms with van der Waals surface area (Å²) in [6, 6.07) is 0. The van der Waals surface area contributed by atoms with Gasteiger partial charge in [-0.1, -0.05) is 17.7 Å². The first kappa shape index (κ1) is 19.3. The van der Waals surface area contributed by atoms with Crippen LogP contribution in [0.3, 0.4) is 0 Å². The van der Waals surface area contributed by atoms with Gasteiger partial charge in [0.15, 0.2) is 6.29 Å². The second kappa shape index (κ2) is 8.19. The van der Waals surface area contributed by atoms with Gasteiger partial charge in [0, 0.05) is 0 Å². The number of hydrogen-bond acceptors (Lipinski definition) is 6. The first-order valence-corrected chi connectivity index (χ1v) is 7.49. The highest BCUT2D eigenvalue weighted by Gasteiger charge is 2.46. The number of aliphatic hydroxyl groups is 4. The van der Waals surface area contributed by atoms with E-state index in [9.17, 15) is 15.3 Å². The van der Waals surface area contributed by atoms with Gasteiger partial charge in [0.25, 0.3) is 0 Å². The molecule has 6 nitrogen and oxygen atoms in total. The van der Waals surface area contributed by atoms with E-state index in [-0.39, 0.29) is 0 Å². The summed E-state index contributed by atoms with van der Waals surface area (Å²) in [6.45, 7) is 9.04. The Hall–Kier alpha value is -0.760. The van der Waals surface area contributed by atoms with Gasteiger partial charge < -0.3 is 29.9 Å². The van der Waals surface area contributed by atoms with E-state index in [1.807, 2.05) is 13.8 Å². The molecule has 6 atom stereocenters. The number of rotatable bonds is 7. The van der Waals surface area contributed by atoms with Crippen molar-refractivity contribution in [2.75, 3.05) is 6.61 Å². The molecule has 1 heterocycles. The fourth-order valence-electron chi connectivity index (χ4n) is 2.37. The van der Waals surface area contributed by atoms with Crippen LogP contribution in [0.25, 0.3) is 0 Å². The summed E-state index contributed by atoms with van der Waals surface area (Å²) in [5.74, 6) is 0. The molecule has 0 amide bonds. The molecular weight excluding hydrogens is 288 g/mol. The van der Waals surface area contributed by atoms with Crippen molar-refractivity contribution < 1.29 is 29.9 Å². The van der Waals surface area contributed by atoms with Gasteiger partial charge in [0.05, 0.1) is 12.2 Å². The Morgan fingerprint density at radius 2 is 1.91 bits per heavy atom. The van der Waals surface area contributed by atoms with E-state index in [4.69, 9.17) is 14.6 Å². The Balaban J connectivity index is 2.76. The highest BCUT2D eigenvalue weighted by atomic mass is 16.7. The molecule has 0 saturated carbocycles. The van der Waals surface area contributed by atoms with Crippen molar-refractivity contribution >= 4 is 0 Å². The van der Waals surface area contributed by atoms with Gasteiger partial charge in [-0.3, -0.25) is 0 Å². The predicted octanol–water partition coefficient (Wildman–Crippen LogP) is 0.494. The second-order valence-electron chi connectivity index (χ2n) is 6.15. The number of allylic oxidation sites excluding steroid dienone is 2. The molecule has 0 bridgehead atoms. The van der Waals surface area contributed by atoms with E-state index in [1.54, 1.807) is 13.0 Å². The monoisotopic (exact) mass is 316 g/mol. The first-order chi connectivity index (χ1) is 10.2. The third kappa shape index (κ3) is 4.87. The van der Waals surface area contributed by atoms with Crippen molar-refractivity contribution in [1.29, 1.82) is 0 Å². The Bertz CT molecular complexity index is 392. The molecule has 1 aliphatic heterocycles. The molecule has 1 saturated heterocycles. The van der Waals surface area contributed by atoms with Crippen LogP contribution in [0.1, 0.15) is 33.6 Å². The first-order valence-electron chi connectivity index (χ1n) is 7.49. The summed E-state index contributed by atoms with van der Waals surface area (Å²) in [6.07, 6.45) is -1.24. The maximum atomic E-state index is 10.1. The lowest BCUT2D eigenvalue weighted by Gasteiger charge is -2.43. The highest BCUT2D eigenvalue weighted by Crippen LogP contribution is 2.29. The Morgan fingerprint density at radius 1 is 1.27 bits per heavy atom. The maximum absolute atomic E-state index is 10.1. The Morgan fingerprint density at radius 3 is 2.41 bits per heavy atom. The summed E-state index contributed by atoms with van der Waals surface area (Å²) in [4.78, 5) is 0. The minimum absolute atomic E-state index is 0.499. The molecule has 0 aromatic heterocycles. The zero-order valence-corrected chi connectivity index (χ0v) is 13.5. The minimum Gasteiger partial charge on any atom is -0.394 e. The van der Waals surface area contributed by atoms with Crippen molar-refractivity contribution in [3.8, 4) is 0 Å². The molecule has 1 fully saturated rings. The molecule has 22 heavy (non-hydrogen) atoms. The molecule has 4 N–H and O–H groups in total. The van der Waals surface area contributed by atoms with Crippen molar-refractivity contribution in [2.45, 2.75) is 69.9 Å². The van der Waals surface area contributed by atoms with Crippen LogP contribution in [0.5, 0.6) is 0 Å². The SMILES string of the molecule is C=C[C@](C)(CCC=C(C)C)O[C@@H]1[C@@H](O)[C@H](O)[C@@H](CO)O[C@H]1O. The lowest BCUT2D eigenvalue weighted by molar-refractivity contribution is -0.309. The summed E-state index contributed by atoms with van der Waals surface area (Å²) >= 11 is 0. The number of hydrogen-bond donors (Lipinski definition) is 4. The molecule has 0 spiro atoms. The fraction of sp³-hybridized carbons (Fsp3) is 0.750. The standard InChI is InChI=1S/C16H28O6/c1-5-16(4,8-6-7-10(2)3)22-14-13(19)12(18)11(9-17)21-15(14)20/h5,7,11-15,17-20H,1,6,8-9H2,2-4H3/t11-,12-,13+,14-,15-,16-/m1/s1. The molecule has 0 radical (unpaired) electrons. The van der Waals surface area contributed by atoms with Gasteiger partial charge in [-0.25, -0.2) is 0 Å². The Kier molecular flexibility index (Phi) is 7.18. The third-order valence-corrected chi connectivity index (χ3v) is 3.87. The Labute approximate surface area is 131 Å². The van der Waals surface area contributed by atoms with E-state index in [0.717, 1.165) is 6.42 Å². The van der Waals surface area contributed by atoms with Crippen LogP contribution in [0.2, 0.25) is 0 Å². The van der Waals surface area contributed by atoms with Gasteiger partial charge in [0.2, 0.25) is 0 Å². The van der Waals surface area contributed by atoms with Crippen LogP contribution in [-0.2, 0) is 9.47 Å². The van der Waals surface area contributed by atoms with Crippen LogP contribution in [-0.4, -0.2) is 63.3 Å². The van der Waals surface area contributed by atoms with E-state index in [1.165, 1.54) is 5.57 Å². The average molecular weight is 316 g/mol. The minimum atomic E-state index is -1.43. The quantitative estimate of drug-likeness (QED) is 0.510. The molecule has 0 unspecified atom stereocenters. The van der Waals surface area contributed by atoms with Crippen molar-refractivity contribution in [1.82, 2.24) is 0 Å². The summed E-state index contributed by atoms with van der Waals surface area (Å²) in [5, 5.41) is 39.0. The zero-order valence-electron chi connectivity index (χ0n) is 13.5. The maximum Gasteiger partial charge on any atom is 0.184 e. The van der Waals surface area contributed by atoms with E-state index in [2.05, 4.69) is 12.7 Å². The van der Waals surface area contributed by atoms with Crippen molar-refractivity contribution in [3.63, 3.8) is 0 Å². The number of ether oxygens (including phenoxy) is 2.